The van der Waals surface area contributed by atoms with Crippen LogP contribution in [0.25, 0.3) is 22.0 Å². The fourth-order valence-corrected chi connectivity index (χ4v) is 3.58. The van der Waals surface area contributed by atoms with Gasteiger partial charge in [0.2, 0.25) is 0 Å². The predicted octanol–water partition coefficient (Wildman–Crippen LogP) is 4.83. The first-order chi connectivity index (χ1) is 14.4. The number of ketones is 2. The van der Waals surface area contributed by atoms with E-state index < -0.39 is 11.8 Å². The molecule has 0 aliphatic rings. The van der Waals surface area contributed by atoms with Gasteiger partial charge in [-0.1, -0.05) is 60.7 Å². The monoisotopic (exact) mass is 397 g/mol. The van der Waals surface area contributed by atoms with E-state index >= 15 is 0 Å². The molecule has 0 amide bonds. The fourth-order valence-electron chi connectivity index (χ4n) is 3.58. The van der Waals surface area contributed by atoms with Crippen molar-refractivity contribution in [2.45, 2.75) is 13.5 Å². The summed E-state index contributed by atoms with van der Waals surface area (Å²) in [4.78, 5) is 35.2. The van der Waals surface area contributed by atoms with Gasteiger partial charge in [-0.05, 0) is 35.7 Å². The molecule has 0 radical (unpaired) electrons. The topological polar surface area (TPSA) is 76.4 Å². The summed E-state index contributed by atoms with van der Waals surface area (Å²) in [5, 5.41) is 9.86. The number of carbonyl (C=O) groups excluding carboxylic acids is 2. The Balaban J connectivity index is 1.83. The summed E-state index contributed by atoms with van der Waals surface area (Å²) in [5.41, 5.74) is 4.34. The molecule has 1 N–H and O–H groups in total. The smallest absolute Gasteiger partial charge is 0.377 e. The number of benzene rings is 3. The third kappa shape index (κ3) is 3.65. The number of nitrogens with zero attached hydrogens (tertiary/aromatic N) is 1. The van der Waals surface area contributed by atoms with E-state index in [2.05, 4.69) is 0 Å². The minimum absolute atomic E-state index is 0.00988. The molecule has 0 aliphatic carbocycles. The lowest BCUT2D eigenvalue weighted by Crippen LogP contribution is -2.12. The zero-order valence-electron chi connectivity index (χ0n) is 16.3. The lowest BCUT2D eigenvalue weighted by atomic mass is 10.00. The standard InChI is InChI=1S/C25H19NO4/c1-16(27)18-7-9-19(10-8-18)20-11-12-23-21(13-20)22(24(28)25(29)30)15-26(23)14-17-5-3-2-4-6-17/h2-13,15H,14H2,1H3,(H,29,30). The Labute approximate surface area is 173 Å². The van der Waals surface area contributed by atoms with E-state index in [1.807, 2.05) is 65.2 Å². The van der Waals surface area contributed by atoms with E-state index in [9.17, 15) is 19.5 Å². The summed E-state index contributed by atoms with van der Waals surface area (Å²) < 4.78 is 1.89. The quantitative estimate of drug-likeness (QED) is 0.374. The predicted molar refractivity (Wildman–Crippen MR) is 115 cm³/mol. The van der Waals surface area contributed by atoms with Crippen LogP contribution in [0.2, 0.25) is 0 Å². The lowest BCUT2D eigenvalue weighted by molar-refractivity contribution is -0.131. The van der Waals surface area contributed by atoms with Gasteiger partial charge in [0.05, 0.1) is 5.56 Å². The van der Waals surface area contributed by atoms with Crippen LogP contribution in [-0.2, 0) is 11.3 Å². The molecule has 30 heavy (non-hydrogen) atoms. The maximum Gasteiger partial charge on any atom is 0.377 e. The van der Waals surface area contributed by atoms with Crippen LogP contribution >= 0.6 is 0 Å². The number of rotatable bonds is 6. The number of carbonyl (C=O) groups is 3. The van der Waals surface area contributed by atoms with Crippen molar-refractivity contribution in [3.05, 3.63) is 95.7 Å². The molecule has 0 saturated heterocycles. The minimum atomic E-state index is -1.48. The number of aromatic nitrogens is 1. The second-order valence-electron chi connectivity index (χ2n) is 7.16. The van der Waals surface area contributed by atoms with Crippen LogP contribution in [0.4, 0.5) is 0 Å². The van der Waals surface area contributed by atoms with Crippen LogP contribution in [0, 0.1) is 0 Å². The molecule has 0 bridgehead atoms. The van der Waals surface area contributed by atoms with Crippen molar-refractivity contribution in [3.8, 4) is 11.1 Å². The van der Waals surface area contributed by atoms with Crippen LogP contribution in [0.15, 0.2) is 79.0 Å². The molecule has 0 aliphatic heterocycles. The van der Waals surface area contributed by atoms with Gasteiger partial charge >= 0.3 is 5.97 Å². The molecule has 3 aromatic carbocycles. The Hall–Kier alpha value is -3.99. The highest BCUT2D eigenvalue weighted by Gasteiger charge is 2.21. The maximum absolute atomic E-state index is 12.3. The van der Waals surface area contributed by atoms with E-state index in [-0.39, 0.29) is 11.3 Å². The number of fused-ring (bicyclic) bond motifs is 1. The number of aliphatic carboxylic acids is 1. The van der Waals surface area contributed by atoms with E-state index in [0.29, 0.717) is 17.5 Å². The van der Waals surface area contributed by atoms with Crippen molar-refractivity contribution in [2.24, 2.45) is 0 Å². The largest absolute Gasteiger partial charge is 0.475 e. The molecule has 0 saturated carbocycles. The SMILES string of the molecule is CC(=O)c1ccc(-c2ccc3c(c2)c(C(=O)C(=O)O)cn3Cc2ccccc2)cc1. The lowest BCUT2D eigenvalue weighted by Gasteiger charge is -2.07. The molecule has 5 nitrogen and oxygen atoms in total. The first kappa shape index (κ1) is 19.3. The van der Waals surface area contributed by atoms with Crippen LogP contribution in [0.3, 0.4) is 0 Å². The maximum atomic E-state index is 12.3. The van der Waals surface area contributed by atoms with Gasteiger partial charge in [0.25, 0.3) is 5.78 Å². The summed E-state index contributed by atoms with van der Waals surface area (Å²) in [7, 11) is 0. The van der Waals surface area contributed by atoms with Gasteiger partial charge in [0.15, 0.2) is 5.78 Å². The second kappa shape index (κ2) is 7.79. The van der Waals surface area contributed by atoms with E-state index in [4.69, 9.17) is 0 Å². The van der Waals surface area contributed by atoms with Gasteiger partial charge in [-0.2, -0.15) is 0 Å². The molecular weight excluding hydrogens is 378 g/mol. The Bertz CT molecular complexity index is 1270. The third-order valence-electron chi connectivity index (χ3n) is 5.14. The molecule has 148 valence electrons. The molecule has 1 aromatic heterocycles. The number of Topliss-reactive ketones (excluding diaryl/α,β-unsaturated/α-hetero) is 2. The van der Waals surface area contributed by atoms with Crippen molar-refractivity contribution in [1.82, 2.24) is 4.57 Å². The van der Waals surface area contributed by atoms with Crippen molar-refractivity contribution in [1.29, 1.82) is 0 Å². The average Bonchev–Trinajstić information content (AvgIpc) is 3.11. The zero-order valence-corrected chi connectivity index (χ0v) is 16.3. The van der Waals surface area contributed by atoms with Gasteiger partial charge in [-0.3, -0.25) is 9.59 Å². The van der Waals surface area contributed by atoms with Crippen LogP contribution < -0.4 is 0 Å². The Kier molecular flexibility index (Phi) is 5.02. The second-order valence-corrected chi connectivity index (χ2v) is 7.16. The number of hydrogen-bond donors (Lipinski definition) is 1. The molecule has 0 spiro atoms. The van der Waals surface area contributed by atoms with Crippen molar-refractivity contribution in [2.75, 3.05) is 0 Å². The van der Waals surface area contributed by atoms with Gasteiger partial charge < -0.3 is 9.67 Å². The Morgan fingerprint density at radius 2 is 1.53 bits per heavy atom. The summed E-state index contributed by atoms with van der Waals surface area (Å²) >= 11 is 0. The summed E-state index contributed by atoms with van der Waals surface area (Å²) in [6.45, 7) is 2.04. The molecule has 1 heterocycles. The minimum Gasteiger partial charge on any atom is -0.475 e. The van der Waals surface area contributed by atoms with Crippen molar-refractivity contribution >= 4 is 28.4 Å². The van der Waals surface area contributed by atoms with E-state index in [0.717, 1.165) is 22.2 Å². The highest BCUT2D eigenvalue weighted by atomic mass is 16.4. The van der Waals surface area contributed by atoms with E-state index in [1.165, 1.54) is 6.92 Å². The Morgan fingerprint density at radius 1 is 0.867 bits per heavy atom. The molecule has 4 rings (SSSR count). The third-order valence-corrected chi connectivity index (χ3v) is 5.14. The molecular formula is C25H19NO4. The Morgan fingerprint density at radius 3 is 2.17 bits per heavy atom. The molecule has 5 heteroatoms. The van der Waals surface area contributed by atoms with Crippen LogP contribution in [0.1, 0.15) is 33.2 Å². The zero-order chi connectivity index (χ0) is 21.3. The first-order valence-electron chi connectivity index (χ1n) is 9.50. The number of carboxylic acid groups (broad SMARTS) is 1. The van der Waals surface area contributed by atoms with Crippen molar-refractivity contribution < 1.29 is 19.5 Å². The molecule has 0 atom stereocenters. The number of hydrogen-bond acceptors (Lipinski definition) is 3. The summed E-state index contributed by atoms with van der Waals surface area (Å²) in [6.07, 6.45) is 1.61. The fraction of sp³-hybridized carbons (Fsp3) is 0.0800. The average molecular weight is 397 g/mol. The number of carboxylic acids is 1. The normalized spacial score (nSPS) is 10.8. The van der Waals surface area contributed by atoms with Gasteiger partial charge in [0, 0.05) is 29.2 Å². The molecule has 0 fully saturated rings. The van der Waals surface area contributed by atoms with Crippen LogP contribution in [0.5, 0.6) is 0 Å². The summed E-state index contributed by atoms with van der Waals surface area (Å²) in [5.74, 6) is -2.43. The molecule has 0 unspecified atom stereocenters. The highest BCUT2D eigenvalue weighted by Crippen LogP contribution is 2.29. The summed E-state index contributed by atoms with van der Waals surface area (Å²) in [6, 6.07) is 22.6. The van der Waals surface area contributed by atoms with Crippen molar-refractivity contribution in [3.63, 3.8) is 0 Å². The van der Waals surface area contributed by atoms with E-state index in [1.54, 1.807) is 18.3 Å². The van der Waals surface area contributed by atoms with Gasteiger partial charge in [-0.25, -0.2) is 4.79 Å². The van der Waals surface area contributed by atoms with Gasteiger partial charge in [0.1, 0.15) is 0 Å². The highest BCUT2D eigenvalue weighted by molar-refractivity contribution is 6.42. The van der Waals surface area contributed by atoms with Gasteiger partial charge in [-0.15, -0.1) is 0 Å². The molecule has 4 aromatic rings. The van der Waals surface area contributed by atoms with Crippen LogP contribution in [-0.4, -0.2) is 27.2 Å². The first-order valence-corrected chi connectivity index (χ1v) is 9.50.